The number of nitrogens with two attached hydrogens (primary N) is 1. The maximum Gasteiger partial charge on any atom is 0.123 e. The van der Waals surface area contributed by atoms with Gasteiger partial charge in [0.05, 0.1) is 19.4 Å². The second-order valence-corrected chi connectivity index (χ2v) is 4.25. The van der Waals surface area contributed by atoms with Crippen LogP contribution in [0, 0.1) is 6.92 Å². The molecule has 0 aliphatic heterocycles. The van der Waals surface area contributed by atoms with Crippen LogP contribution in [0.2, 0.25) is 0 Å². The molecule has 0 radical (unpaired) electrons. The maximum atomic E-state index is 5.65. The Morgan fingerprint density at radius 1 is 1.39 bits per heavy atom. The first-order chi connectivity index (χ1) is 8.74. The Labute approximate surface area is 107 Å². The van der Waals surface area contributed by atoms with E-state index in [4.69, 9.17) is 15.0 Å². The molecule has 0 bridgehead atoms. The van der Waals surface area contributed by atoms with Crippen LogP contribution in [0.5, 0.6) is 5.75 Å². The molecule has 96 valence electrons. The molecule has 4 heteroatoms. The van der Waals surface area contributed by atoms with Gasteiger partial charge in [0, 0.05) is 12.0 Å². The molecule has 0 amide bonds. The number of benzene rings is 1. The number of ether oxygens (including phenoxy) is 1. The van der Waals surface area contributed by atoms with Gasteiger partial charge in [-0.05, 0) is 25.1 Å². The highest BCUT2D eigenvalue weighted by molar-refractivity contribution is 5.39. The molecule has 1 atom stereocenters. The summed E-state index contributed by atoms with van der Waals surface area (Å²) in [6.45, 7) is 2.05. The molecule has 0 aliphatic carbocycles. The normalized spacial score (nSPS) is 12.4. The number of hydrogen-bond donors (Lipinski definition) is 2. The van der Waals surface area contributed by atoms with E-state index in [1.807, 2.05) is 31.2 Å². The van der Waals surface area contributed by atoms with Crippen molar-refractivity contribution >= 4 is 0 Å². The Hall–Kier alpha value is -1.78. The fraction of sp³-hybridized carbons (Fsp3) is 0.286. The fourth-order valence-corrected chi connectivity index (χ4v) is 2.01. The number of nitrogens with one attached hydrogen (secondary N) is 1. The van der Waals surface area contributed by atoms with Gasteiger partial charge in [-0.1, -0.05) is 17.7 Å². The molecule has 0 saturated carbocycles. The van der Waals surface area contributed by atoms with Gasteiger partial charge in [-0.15, -0.1) is 0 Å². The third kappa shape index (κ3) is 2.72. The third-order valence-corrected chi connectivity index (χ3v) is 2.95. The van der Waals surface area contributed by atoms with E-state index in [0.29, 0.717) is 6.42 Å². The summed E-state index contributed by atoms with van der Waals surface area (Å²) in [7, 11) is 1.66. The van der Waals surface area contributed by atoms with E-state index >= 15 is 0 Å². The molecule has 0 spiro atoms. The molecule has 0 fully saturated rings. The van der Waals surface area contributed by atoms with Gasteiger partial charge in [0.15, 0.2) is 0 Å². The van der Waals surface area contributed by atoms with Crippen molar-refractivity contribution in [2.45, 2.75) is 19.4 Å². The van der Waals surface area contributed by atoms with Crippen LogP contribution in [0.4, 0.5) is 0 Å². The molecule has 3 N–H and O–H groups in total. The Balaban J connectivity index is 2.28. The molecular weight excluding hydrogens is 228 g/mol. The number of hydrazine groups is 1. The summed E-state index contributed by atoms with van der Waals surface area (Å²) >= 11 is 0. The van der Waals surface area contributed by atoms with Crippen molar-refractivity contribution in [2.24, 2.45) is 5.84 Å². The second-order valence-electron chi connectivity index (χ2n) is 4.25. The van der Waals surface area contributed by atoms with Gasteiger partial charge in [-0.2, -0.15) is 0 Å². The summed E-state index contributed by atoms with van der Waals surface area (Å²) in [4.78, 5) is 0. The van der Waals surface area contributed by atoms with Crippen molar-refractivity contribution in [2.75, 3.05) is 7.11 Å². The van der Waals surface area contributed by atoms with E-state index in [-0.39, 0.29) is 6.04 Å². The zero-order chi connectivity index (χ0) is 13.0. The number of hydrogen-bond acceptors (Lipinski definition) is 4. The SMILES string of the molecule is COc1ccc(C)cc1C(Cc1ccco1)NN. The molecule has 2 rings (SSSR count). The Bertz CT molecular complexity index is 495. The number of aryl methyl sites for hydroxylation is 1. The minimum Gasteiger partial charge on any atom is -0.496 e. The highest BCUT2D eigenvalue weighted by Crippen LogP contribution is 2.28. The van der Waals surface area contributed by atoms with E-state index in [2.05, 4.69) is 11.5 Å². The molecule has 0 saturated heterocycles. The topological polar surface area (TPSA) is 60.4 Å². The first-order valence-corrected chi connectivity index (χ1v) is 5.87. The van der Waals surface area contributed by atoms with Gasteiger partial charge in [-0.3, -0.25) is 11.3 Å². The quantitative estimate of drug-likeness (QED) is 0.628. The summed E-state index contributed by atoms with van der Waals surface area (Å²) in [6.07, 6.45) is 2.35. The van der Waals surface area contributed by atoms with Crippen LogP contribution < -0.4 is 16.0 Å². The number of furan rings is 1. The Kier molecular flexibility index (Phi) is 4.02. The van der Waals surface area contributed by atoms with E-state index in [1.54, 1.807) is 13.4 Å². The van der Waals surface area contributed by atoms with Crippen molar-refractivity contribution in [3.63, 3.8) is 0 Å². The lowest BCUT2D eigenvalue weighted by molar-refractivity contribution is 0.392. The molecule has 1 aromatic heterocycles. The highest BCUT2D eigenvalue weighted by Gasteiger charge is 2.16. The average Bonchev–Trinajstić information content (AvgIpc) is 2.88. The van der Waals surface area contributed by atoms with Crippen LogP contribution in [0.1, 0.15) is 22.9 Å². The largest absolute Gasteiger partial charge is 0.496 e. The maximum absolute atomic E-state index is 5.65. The smallest absolute Gasteiger partial charge is 0.123 e. The van der Waals surface area contributed by atoms with Crippen molar-refractivity contribution in [3.8, 4) is 5.75 Å². The van der Waals surface area contributed by atoms with E-state index in [1.165, 1.54) is 5.56 Å². The molecule has 1 aromatic carbocycles. The molecule has 1 unspecified atom stereocenters. The molecule has 0 aliphatic rings. The molecule has 18 heavy (non-hydrogen) atoms. The van der Waals surface area contributed by atoms with Gasteiger partial charge in [0.25, 0.3) is 0 Å². The lowest BCUT2D eigenvalue weighted by atomic mass is 10.00. The molecular formula is C14H18N2O2. The first-order valence-electron chi connectivity index (χ1n) is 5.87. The zero-order valence-corrected chi connectivity index (χ0v) is 10.6. The van der Waals surface area contributed by atoms with Crippen molar-refractivity contribution in [1.29, 1.82) is 0 Å². The van der Waals surface area contributed by atoms with Crippen molar-refractivity contribution in [3.05, 3.63) is 53.5 Å². The number of methoxy groups -OCH3 is 1. The van der Waals surface area contributed by atoms with Crippen LogP contribution in [0.3, 0.4) is 0 Å². The van der Waals surface area contributed by atoms with Gasteiger partial charge >= 0.3 is 0 Å². The van der Waals surface area contributed by atoms with E-state index in [0.717, 1.165) is 17.1 Å². The Morgan fingerprint density at radius 2 is 2.22 bits per heavy atom. The van der Waals surface area contributed by atoms with Crippen LogP contribution in [-0.2, 0) is 6.42 Å². The monoisotopic (exact) mass is 246 g/mol. The summed E-state index contributed by atoms with van der Waals surface area (Å²) in [5, 5.41) is 0. The van der Waals surface area contributed by atoms with Gasteiger partial charge in [0.2, 0.25) is 0 Å². The van der Waals surface area contributed by atoms with Gasteiger partial charge < -0.3 is 9.15 Å². The molecule has 1 heterocycles. The molecule has 2 aromatic rings. The zero-order valence-electron chi connectivity index (χ0n) is 10.6. The lowest BCUT2D eigenvalue weighted by Crippen LogP contribution is -2.29. The highest BCUT2D eigenvalue weighted by atomic mass is 16.5. The molecule has 4 nitrogen and oxygen atoms in total. The van der Waals surface area contributed by atoms with Gasteiger partial charge in [0.1, 0.15) is 11.5 Å². The van der Waals surface area contributed by atoms with Crippen LogP contribution in [0.25, 0.3) is 0 Å². The van der Waals surface area contributed by atoms with Crippen molar-refractivity contribution < 1.29 is 9.15 Å². The van der Waals surface area contributed by atoms with Crippen LogP contribution in [0.15, 0.2) is 41.0 Å². The van der Waals surface area contributed by atoms with E-state index in [9.17, 15) is 0 Å². The predicted molar refractivity (Wildman–Crippen MR) is 70.2 cm³/mol. The summed E-state index contributed by atoms with van der Waals surface area (Å²) < 4.78 is 10.7. The van der Waals surface area contributed by atoms with Crippen LogP contribution >= 0.6 is 0 Å². The standard InChI is InChI=1S/C14H18N2O2/c1-10-5-6-14(17-2)12(8-10)13(16-15)9-11-4-3-7-18-11/h3-8,13,16H,9,15H2,1-2H3. The van der Waals surface area contributed by atoms with Crippen LogP contribution in [-0.4, -0.2) is 7.11 Å². The lowest BCUT2D eigenvalue weighted by Gasteiger charge is -2.18. The fourth-order valence-electron chi connectivity index (χ4n) is 2.01. The summed E-state index contributed by atoms with van der Waals surface area (Å²) in [6, 6.07) is 9.82. The minimum absolute atomic E-state index is 0.0361. The number of rotatable bonds is 5. The summed E-state index contributed by atoms with van der Waals surface area (Å²) in [5.41, 5.74) is 5.03. The summed E-state index contributed by atoms with van der Waals surface area (Å²) in [5.74, 6) is 7.37. The Morgan fingerprint density at radius 3 is 2.83 bits per heavy atom. The predicted octanol–water partition coefficient (Wildman–Crippen LogP) is 2.34. The first kappa shape index (κ1) is 12.7. The second kappa shape index (κ2) is 5.71. The average molecular weight is 246 g/mol. The van der Waals surface area contributed by atoms with Crippen molar-refractivity contribution in [1.82, 2.24) is 5.43 Å². The van der Waals surface area contributed by atoms with Gasteiger partial charge in [-0.25, -0.2) is 0 Å². The van der Waals surface area contributed by atoms with E-state index < -0.39 is 0 Å². The third-order valence-electron chi connectivity index (χ3n) is 2.95. The minimum atomic E-state index is -0.0361.